The molecule has 0 aliphatic carbocycles. The highest BCUT2D eigenvalue weighted by atomic mass is 16.5. The molecule has 1 heterocycles. The van der Waals surface area contributed by atoms with E-state index in [1.807, 2.05) is 37.1 Å². The summed E-state index contributed by atoms with van der Waals surface area (Å²) in [5.41, 5.74) is 1.93. The van der Waals surface area contributed by atoms with Gasteiger partial charge in [-0.1, -0.05) is 0 Å². The topological polar surface area (TPSA) is 47.5 Å². The van der Waals surface area contributed by atoms with Gasteiger partial charge in [0.1, 0.15) is 17.3 Å². The summed E-state index contributed by atoms with van der Waals surface area (Å²) < 4.78 is 10.6. The Morgan fingerprint density at radius 1 is 1.15 bits per heavy atom. The van der Waals surface area contributed by atoms with Gasteiger partial charge in [0.2, 0.25) is 0 Å². The Kier molecular flexibility index (Phi) is 4.40. The average molecular weight is 273 g/mol. The molecule has 20 heavy (non-hydrogen) atoms. The molecular formula is C15H19N3O2. The molecule has 0 saturated heterocycles. The molecule has 5 nitrogen and oxygen atoms in total. The van der Waals surface area contributed by atoms with Gasteiger partial charge in [-0.3, -0.25) is 4.98 Å². The van der Waals surface area contributed by atoms with Crippen LogP contribution in [0.25, 0.3) is 0 Å². The molecule has 106 valence electrons. The largest absolute Gasteiger partial charge is 0.497 e. The number of aromatic nitrogens is 2. The standard InChI is InChI=1S/C15H19N3O2/c1-11-8-16-9-15(17-11)18(2)10-12-7-13(19-3)5-6-14(12)20-4/h5-9H,10H2,1-4H3. The van der Waals surface area contributed by atoms with Crippen molar-refractivity contribution in [2.45, 2.75) is 13.5 Å². The summed E-state index contributed by atoms with van der Waals surface area (Å²) in [6.45, 7) is 2.59. The SMILES string of the molecule is COc1ccc(OC)c(CN(C)c2cncc(C)n2)c1. The highest BCUT2D eigenvalue weighted by Gasteiger charge is 2.10. The van der Waals surface area contributed by atoms with Gasteiger partial charge in [-0.05, 0) is 25.1 Å². The number of benzene rings is 1. The second-order valence-corrected chi connectivity index (χ2v) is 4.55. The minimum atomic E-state index is 0.665. The molecule has 1 aromatic heterocycles. The summed E-state index contributed by atoms with van der Waals surface area (Å²) in [4.78, 5) is 10.6. The van der Waals surface area contributed by atoms with Crippen LogP contribution in [0.2, 0.25) is 0 Å². The van der Waals surface area contributed by atoms with Gasteiger partial charge in [-0.25, -0.2) is 4.98 Å². The third-order valence-corrected chi connectivity index (χ3v) is 3.03. The monoisotopic (exact) mass is 273 g/mol. The molecule has 0 unspecified atom stereocenters. The molecule has 0 amide bonds. The van der Waals surface area contributed by atoms with Crippen LogP contribution in [0, 0.1) is 6.92 Å². The molecule has 2 aromatic rings. The lowest BCUT2D eigenvalue weighted by Gasteiger charge is -2.20. The first-order valence-corrected chi connectivity index (χ1v) is 6.34. The number of aryl methyl sites for hydroxylation is 1. The number of ether oxygens (including phenoxy) is 2. The van der Waals surface area contributed by atoms with Crippen molar-refractivity contribution < 1.29 is 9.47 Å². The number of anilines is 1. The molecule has 0 radical (unpaired) electrons. The van der Waals surface area contributed by atoms with Crippen molar-refractivity contribution in [3.05, 3.63) is 41.9 Å². The highest BCUT2D eigenvalue weighted by molar-refractivity contribution is 5.44. The Balaban J connectivity index is 2.24. The van der Waals surface area contributed by atoms with E-state index in [1.54, 1.807) is 26.6 Å². The Bertz CT molecular complexity index is 587. The minimum Gasteiger partial charge on any atom is -0.497 e. The van der Waals surface area contributed by atoms with Crippen LogP contribution >= 0.6 is 0 Å². The Labute approximate surface area is 119 Å². The van der Waals surface area contributed by atoms with Crippen LogP contribution in [0.1, 0.15) is 11.3 Å². The van der Waals surface area contributed by atoms with Crippen LogP contribution in [0.15, 0.2) is 30.6 Å². The molecule has 1 aromatic carbocycles. The van der Waals surface area contributed by atoms with Gasteiger partial charge in [0.25, 0.3) is 0 Å². The van der Waals surface area contributed by atoms with E-state index in [2.05, 4.69) is 9.97 Å². The fraction of sp³-hybridized carbons (Fsp3) is 0.333. The van der Waals surface area contributed by atoms with E-state index in [1.165, 1.54) is 0 Å². The zero-order valence-electron chi connectivity index (χ0n) is 12.3. The summed E-state index contributed by atoms with van der Waals surface area (Å²) in [6.07, 6.45) is 3.49. The quantitative estimate of drug-likeness (QED) is 0.837. The van der Waals surface area contributed by atoms with Gasteiger partial charge in [0.05, 0.1) is 26.1 Å². The maximum atomic E-state index is 5.39. The normalized spacial score (nSPS) is 10.2. The summed E-state index contributed by atoms with van der Waals surface area (Å²) in [5, 5.41) is 0. The fourth-order valence-corrected chi connectivity index (χ4v) is 1.98. The number of hydrogen-bond donors (Lipinski definition) is 0. The molecule has 0 bridgehead atoms. The molecule has 0 N–H and O–H groups in total. The van der Waals surface area contributed by atoms with Gasteiger partial charge in [0.15, 0.2) is 0 Å². The molecule has 0 saturated carbocycles. The van der Waals surface area contributed by atoms with E-state index >= 15 is 0 Å². The summed E-state index contributed by atoms with van der Waals surface area (Å²) in [6, 6.07) is 5.76. The van der Waals surface area contributed by atoms with Crippen molar-refractivity contribution in [2.24, 2.45) is 0 Å². The van der Waals surface area contributed by atoms with Gasteiger partial charge in [0, 0.05) is 25.4 Å². The van der Waals surface area contributed by atoms with Crippen LogP contribution in [0.5, 0.6) is 11.5 Å². The van der Waals surface area contributed by atoms with Crippen molar-refractivity contribution >= 4 is 5.82 Å². The lowest BCUT2D eigenvalue weighted by Crippen LogP contribution is -2.18. The molecule has 5 heteroatoms. The van der Waals surface area contributed by atoms with Crippen molar-refractivity contribution in [1.29, 1.82) is 0 Å². The Morgan fingerprint density at radius 2 is 1.95 bits per heavy atom. The van der Waals surface area contributed by atoms with E-state index in [-0.39, 0.29) is 0 Å². The number of nitrogens with zero attached hydrogens (tertiary/aromatic N) is 3. The summed E-state index contributed by atoms with van der Waals surface area (Å²) in [7, 11) is 5.29. The molecule has 0 aliphatic heterocycles. The smallest absolute Gasteiger partial charge is 0.147 e. The van der Waals surface area contributed by atoms with Crippen molar-refractivity contribution in [3.63, 3.8) is 0 Å². The van der Waals surface area contributed by atoms with E-state index in [9.17, 15) is 0 Å². The Hall–Kier alpha value is -2.30. The number of methoxy groups -OCH3 is 2. The van der Waals surface area contributed by atoms with E-state index in [4.69, 9.17) is 9.47 Å². The molecule has 2 rings (SSSR count). The van der Waals surface area contributed by atoms with Gasteiger partial charge < -0.3 is 14.4 Å². The van der Waals surface area contributed by atoms with Crippen LogP contribution in [-0.4, -0.2) is 31.2 Å². The molecule has 0 atom stereocenters. The molecule has 0 aliphatic rings. The lowest BCUT2D eigenvalue weighted by atomic mass is 10.1. The van der Waals surface area contributed by atoms with E-state index in [0.29, 0.717) is 6.54 Å². The van der Waals surface area contributed by atoms with Crippen LogP contribution in [0.4, 0.5) is 5.82 Å². The summed E-state index contributed by atoms with van der Waals surface area (Å²) in [5.74, 6) is 2.47. The first-order chi connectivity index (χ1) is 9.63. The fourth-order valence-electron chi connectivity index (χ4n) is 1.98. The van der Waals surface area contributed by atoms with E-state index < -0.39 is 0 Å². The first kappa shape index (κ1) is 14.1. The first-order valence-electron chi connectivity index (χ1n) is 6.34. The third-order valence-electron chi connectivity index (χ3n) is 3.03. The van der Waals surface area contributed by atoms with Crippen molar-refractivity contribution in [1.82, 2.24) is 9.97 Å². The second kappa shape index (κ2) is 6.23. The van der Waals surface area contributed by atoms with Crippen LogP contribution < -0.4 is 14.4 Å². The zero-order chi connectivity index (χ0) is 14.5. The molecular weight excluding hydrogens is 254 g/mol. The van der Waals surface area contributed by atoms with Gasteiger partial charge in [-0.15, -0.1) is 0 Å². The maximum Gasteiger partial charge on any atom is 0.147 e. The molecule has 0 spiro atoms. The third kappa shape index (κ3) is 3.17. The highest BCUT2D eigenvalue weighted by Crippen LogP contribution is 2.26. The Morgan fingerprint density at radius 3 is 2.60 bits per heavy atom. The van der Waals surface area contributed by atoms with Crippen LogP contribution in [-0.2, 0) is 6.54 Å². The number of hydrogen-bond acceptors (Lipinski definition) is 5. The number of rotatable bonds is 5. The predicted molar refractivity (Wildman–Crippen MR) is 78.4 cm³/mol. The second-order valence-electron chi connectivity index (χ2n) is 4.55. The minimum absolute atomic E-state index is 0.665. The maximum absolute atomic E-state index is 5.39. The summed E-state index contributed by atoms with van der Waals surface area (Å²) >= 11 is 0. The predicted octanol–water partition coefficient (Wildman–Crippen LogP) is 2.44. The van der Waals surface area contributed by atoms with Crippen molar-refractivity contribution in [3.8, 4) is 11.5 Å². The molecule has 0 fully saturated rings. The lowest BCUT2D eigenvalue weighted by molar-refractivity contribution is 0.398. The van der Waals surface area contributed by atoms with Gasteiger partial charge in [-0.2, -0.15) is 0 Å². The van der Waals surface area contributed by atoms with Crippen molar-refractivity contribution in [2.75, 3.05) is 26.2 Å². The zero-order valence-corrected chi connectivity index (χ0v) is 12.3. The average Bonchev–Trinajstić information content (AvgIpc) is 2.47. The van der Waals surface area contributed by atoms with Gasteiger partial charge >= 0.3 is 0 Å². The van der Waals surface area contributed by atoms with Crippen LogP contribution in [0.3, 0.4) is 0 Å². The van der Waals surface area contributed by atoms with E-state index in [0.717, 1.165) is 28.6 Å².